The smallest absolute Gasteiger partial charge is 0.260 e. The summed E-state index contributed by atoms with van der Waals surface area (Å²) in [7, 11) is 1.50. The first-order valence-electron chi connectivity index (χ1n) is 8.66. The summed E-state index contributed by atoms with van der Waals surface area (Å²) in [5.74, 6) is 0.936. The van der Waals surface area contributed by atoms with E-state index in [0.29, 0.717) is 23.6 Å². The molecule has 2 aromatic carbocycles. The molecule has 0 fully saturated rings. The third-order valence-corrected chi connectivity index (χ3v) is 4.25. The zero-order chi connectivity index (χ0) is 18.9. The van der Waals surface area contributed by atoms with Gasteiger partial charge in [-0.2, -0.15) is 5.26 Å². The van der Waals surface area contributed by atoms with E-state index in [-0.39, 0.29) is 11.8 Å². The fourth-order valence-electron chi connectivity index (χ4n) is 2.67. The Hall–Kier alpha value is -3.00. The molecule has 2 aromatic rings. The fourth-order valence-corrected chi connectivity index (χ4v) is 2.67. The van der Waals surface area contributed by atoms with Crippen LogP contribution < -0.4 is 14.8 Å². The van der Waals surface area contributed by atoms with E-state index in [9.17, 15) is 4.79 Å². The Labute approximate surface area is 154 Å². The Morgan fingerprint density at radius 1 is 1.19 bits per heavy atom. The van der Waals surface area contributed by atoms with Crippen LogP contribution in [0.4, 0.5) is 0 Å². The lowest BCUT2D eigenvalue weighted by atomic mass is 9.96. The fraction of sp³-hybridized carbons (Fsp3) is 0.333. The molecule has 5 heteroatoms. The molecule has 0 spiro atoms. The van der Waals surface area contributed by atoms with Gasteiger partial charge in [0.15, 0.2) is 17.6 Å². The number of rotatable bonds is 8. The van der Waals surface area contributed by atoms with Crippen LogP contribution in [0, 0.1) is 11.3 Å². The number of nitrogens with zero attached hydrogens (tertiary/aromatic N) is 1. The Morgan fingerprint density at radius 3 is 2.54 bits per heavy atom. The summed E-state index contributed by atoms with van der Waals surface area (Å²) in [5.41, 5.74) is 1.68. The third-order valence-electron chi connectivity index (χ3n) is 4.25. The number of carbonyl (C=O) groups excluding carboxylic acids is 1. The molecule has 5 nitrogen and oxygen atoms in total. The van der Waals surface area contributed by atoms with Crippen molar-refractivity contribution in [2.75, 3.05) is 13.7 Å². The molecule has 2 rings (SSSR count). The van der Waals surface area contributed by atoms with Crippen molar-refractivity contribution in [3.05, 3.63) is 59.7 Å². The van der Waals surface area contributed by atoms with E-state index in [1.165, 1.54) is 12.7 Å². The molecule has 26 heavy (non-hydrogen) atoms. The predicted molar refractivity (Wildman–Crippen MR) is 100 cm³/mol. The maximum atomic E-state index is 12.4. The highest BCUT2D eigenvalue weighted by Gasteiger charge is 2.18. The van der Waals surface area contributed by atoms with Gasteiger partial charge in [-0.05, 0) is 31.0 Å². The SMILES string of the molecule is CC[C@H](CNC(=O)[C@H](C)Oc1ccc(C#N)cc1OC)c1ccccc1. The van der Waals surface area contributed by atoms with Crippen LogP contribution in [-0.2, 0) is 4.79 Å². The summed E-state index contributed by atoms with van der Waals surface area (Å²) in [4.78, 5) is 12.4. The Morgan fingerprint density at radius 2 is 1.92 bits per heavy atom. The van der Waals surface area contributed by atoms with Gasteiger partial charge in [-0.1, -0.05) is 37.3 Å². The summed E-state index contributed by atoms with van der Waals surface area (Å²) in [5, 5.41) is 11.9. The second-order valence-electron chi connectivity index (χ2n) is 6.00. The Balaban J connectivity index is 1.96. The minimum Gasteiger partial charge on any atom is -0.493 e. The number of methoxy groups -OCH3 is 1. The van der Waals surface area contributed by atoms with Crippen molar-refractivity contribution in [1.82, 2.24) is 5.32 Å². The van der Waals surface area contributed by atoms with Gasteiger partial charge < -0.3 is 14.8 Å². The lowest BCUT2D eigenvalue weighted by Gasteiger charge is -2.20. The zero-order valence-corrected chi connectivity index (χ0v) is 15.4. The molecule has 0 saturated carbocycles. The van der Waals surface area contributed by atoms with Crippen molar-refractivity contribution in [2.45, 2.75) is 32.3 Å². The normalized spacial score (nSPS) is 12.5. The maximum absolute atomic E-state index is 12.4. The van der Waals surface area contributed by atoms with Crippen molar-refractivity contribution in [3.63, 3.8) is 0 Å². The molecule has 1 N–H and O–H groups in total. The van der Waals surface area contributed by atoms with Crippen molar-refractivity contribution in [3.8, 4) is 17.6 Å². The van der Waals surface area contributed by atoms with Gasteiger partial charge in [0.05, 0.1) is 18.7 Å². The number of nitriles is 1. The van der Waals surface area contributed by atoms with E-state index in [2.05, 4.69) is 24.4 Å². The van der Waals surface area contributed by atoms with E-state index in [1.807, 2.05) is 24.3 Å². The molecule has 0 bridgehead atoms. The lowest BCUT2D eigenvalue weighted by molar-refractivity contribution is -0.127. The van der Waals surface area contributed by atoms with Crippen molar-refractivity contribution < 1.29 is 14.3 Å². The lowest BCUT2D eigenvalue weighted by Crippen LogP contribution is -2.38. The first-order valence-corrected chi connectivity index (χ1v) is 8.66. The van der Waals surface area contributed by atoms with Gasteiger partial charge in [0.25, 0.3) is 5.91 Å². The molecule has 0 unspecified atom stereocenters. The standard InChI is InChI=1S/C21H24N2O3/c1-4-17(18-8-6-5-7-9-18)14-23-21(24)15(2)26-19-11-10-16(13-22)12-20(19)25-3/h5-12,15,17H,4,14H2,1-3H3,(H,23,24)/t15-,17+/m0/s1. The van der Waals surface area contributed by atoms with Crippen molar-refractivity contribution in [2.24, 2.45) is 0 Å². The molecule has 136 valence electrons. The molecule has 0 aromatic heterocycles. The van der Waals surface area contributed by atoms with Crippen LogP contribution in [0.25, 0.3) is 0 Å². The molecule has 0 radical (unpaired) electrons. The highest BCUT2D eigenvalue weighted by molar-refractivity contribution is 5.80. The molecular formula is C21H24N2O3. The number of benzene rings is 2. The van der Waals surface area contributed by atoms with E-state index >= 15 is 0 Å². The third kappa shape index (κ3) is 5.00. The minimum absolute atomic E-state index is 0.189. The minimum atomic E-state index is -0.676. The van der Waals surface area contributed by atoms with E-state index in [1.54, 1.807) is 25.1 Å². The van der Waals surface area contributed by atoms with Gasteiger partial charge in [0.1, 0.15) is 0 Å². The highest BCUT2D eigenvalue weighted by atomic mass is 16.5. The van der Waals surface area contributed by atoms with Gasteiger partial charge in [-0.3, -0.25) is 4.79 Å². The van der Waals surface area contributed by atoms with Crippen LogP contribution in [0.15, 0.2) is 48.5 Å². The average Bonchev–Trinajstić information content (AvgIpc) is 2.69. The summed E-state index contributed by atoms with van der Waals surface area (Å²) in [6.07, 6.45) is 0.258. The van der Waals surface area contributed by atoms with Crippen LogP contribution in [0.2, 0.25) is 0 Å². The molecule has 0 heterocycles. The molecule has 0 saturated heterocycles. The van der Waals surface area contributed by atoms with Crippen molar-refractivity contribution in [1.29, 1.82) is 5.26 Å². The second-order valence-corrected chi connectivity index (χ2v) is 6.00. The average molecular weight is 352 g/mol. The van der Waals surface area contributed by atoms with Crippen LogP contribution in [-0.4, -0.2) is 25.7 Å². The second kappa shape index (κ2) is 9.47. The summed E-state index contributed by atoms with van der Waals surface area (Å²) in [6, 6.07) is 17.0. The maximum Gasteiger partial charge on any atom is 0.260 e. The summed E-state index contributed by atoms with van der Waals surface area (Å²) >= 11 is 0. The topological polar surface area (TPSA) is 71.3 Å². The van der Waals surface area contributed by atoms with Crippen LogP contribution >= 0.6 is 0 Å². The van der Waals surface area contributed by atoms with Gasteiger partial charge >= 0.3 is 0 Å². The Kier molecular flexibility index (Phi) is 7.04. The van der Waals surface area contributed by atoms with Gasteiger partial charge in [0, 0.05) is 18.5 Å². The molecule has 0 aliphatic heterocycles. The number of hydrogen-bond donors (Lipinski definition) is 1. The highest BCUT2D eigenvalue weighted by Crippen LogP contribution is 2.28. The number of carbonyl (C=O) groups is 1. The first-order chi connectivity index (χ1) is 12.6. The van der Waals surface area contributed by atoms with Crippen LogP contribution in [0.5, 0.6) is 11.5 Å². The quantitative estimate of drug-likeness (QED) is 0.787. The predicted octanol–water partition coefficient (Wildman–Crippen LogP) is 3.64. The van der Waals surface area contributed by atoms with Crippen molar-refractivity contribution >= 4 is 5.91 Å². The number of nitrogens with one attached hydrogen (secondary N) is 1. The first kappa shape index (κ1) is 19.3. The van der Waals surface area contributed by atoms with Gasteiger partial charge in [0.2, 0.25) is 0 Å². The molecule has 0 aliphatic rings. The molecule has 1 amide bonds. The summed E-state index contributed by atoms with van der Waals surface area (Å²) in [6.45, 7) is 4.35. The van der Waals surface area contributed by atoms with E-state index in [4.69, 9.17) is 14.7 Å². The summed E-state index contributed by atoms with van der Waals surface area (Å²) < 4.78 is 11.0. The van der Waals surface area contributed by atoms with Gasteiger partial charge in [-0.25, -0.2) is 0 Å². The largest absolute Gasteiger partial charge is 0.493 e. The number of amides is 1. The van der Waals surface area contributed by atoms with Crippen LogP contribution in [0.1, 0.15) is 37.3 Å². The van der Waals surface area contributed by atoms with E-state index in [0.717, 1.165) is 6.42 Å². The number of hydrogen-bond acceptors (Lipinski definition) is 4. The zero-order valence-electron chi connectivity index (χ0n) is 15.4. The monoisotopic (exact) mass is 352 g/mol. The molecule has 0 aliphatic carbocycles. The Bertz CT molecular complexity index is 769. The molecule has 2 atom stereocenters. The molecular weight excluding hydrogens is 328 g/mol. The van der Waals surface area contributed by atoms with Crippen LogP contribution in [0.3, 0.4) is 0 Å². The number of ether oxygens (including phenoxy) is 2. The van der Waals surface area contributed by atoms with Gasteiger partial charge in [-0.15, -0.1) is 0 Å². The van der Waals surface area contributed by atoms with E-state index < -0.39 is 6.10 Å².